The van der Waals surface area contributed by atoms with E-state index in [1.165, 1.54) is 0 Å². The molecule has 55 heavy (non-hydrogen) atoms. The van der Waals surface area contributed by atoms with Gasteiger partial charge in [-0.1, -0.05) is 59.6 Å². The van der Waals surface area contributed by atoms with Crippen molar-refractivity contribution in [3.63, 3.8) is 0 Å². The van der Waals surface area contributed by atoms with Crippen LogP contribution in [0.3, 0.4) is 0 Å². The van der Waals surface area contributed by atoms with Crippen LogP contribution in [0.15, 0.2) is 24.4 Å². The van der Waals surface area contributed by atoms with Gasteiger partial charge in [-0.15, -0.1) is 0 Å². The van der Waals surface area contributed by atoms with Gasteiger partial charge in [0.05, 0.1) is 0 Å². The minimum Gasteiger partial charge on any atom is -0.381 e. The van der Waals surface area contributed by atoms with Crippen molar-refractivity contribution in [3.05, 3.63) is 35.0 Å². The number of benzene rings is 1. The molecule has 8 atom stereocenters. The molecule has 1 aromatic carbocycles. The Morgan fingerprint density at radius 2 is 1.33 bits per heavy atom. The summed E-state index contributed by atoms with van der Waals surface area (Å²) in [5.74, 6) is -7.39. The summed E-state index contributed by atoms with van der Waals surface area (Å²) in [6, 6.07) is -3.26. The fourth-order valence-corrected chi connectivity index (χ4v) is 6.45. The summed E-state index contributed by atoms with van der Waals surface area (Å²) < 4.78 is 0. The van der Waals surface area contributed by atoms with E-state index < -0.39 is 95.5 Å². The number of hydrogen-bond acceptors (Lipinski definition) is 9. The van der Waals surface area contributed by atoms with Crippen LogP contribution in [-0.2, 0) is 40.0 Å². The number of hydrogen-bond donors (Lipinski definition) is 10. The summed E-state index contributed by atoms with van der Waals surface area (Å²) in [4.78, 5) is 99.0. The maximum Gasteiger partial charge on any atom is 0.248 e. The summed E-state index contributed by atoms with van der Waals surface area (Å²) in [5, 5.41) is 27.6. The molecule has 1 aliphatic rings. The maximum atomic E-state index is 14.2. The fourth-order valence-electron chi connectivity index (χ4n) is 6.28. The molecule has 1 fully saturated rings. The normalized spacial score (nSPS) is 24.9. The van der Waals surface area contributed by atoms with Crippen LogP contribution in [0, 0.1) is 17.8 Å². The number of aliphatic hydroxyl groups excluding tert-OH is 1. The highest BCUT2D eigenvalue weighted by Gasteiger charge is 2.39. The zero-order chi connectivity index (χ0) is 41.1. The number of carbonyl (C=O) groups is 7. The van der Waals surface area contributed by atoms with Crippen LogP contribution in [0.2, 0.25) is 5.02 Å². The Morgan fingerprint density at radius 3 is 1.93 bits per heavy atom. The molecule has 1 aromatic heterocycles. The fraction of sp³-hybridized carbons (Fsp3) is 0.595. The van der Waals surface area contributed by atoms with E-state index in [0.29, 0.717) is 27.9 Å². The van der Waals surface area contributed by atoms with Crippen LogP contribution in [-0.4, -0.2) is 100 Å². The van der Waals surface area contributed by atoms with Gasteiger partial charge in [0.1, 0.15) is 36.3 Å². The van der Waals surface area contributed by atoms with Gasteiger partial charge in [0, 0.05) is 28.5 Å². The highest BCUT2D eigenvalue weighted by Crippen LogP contribution is 2.24. The Kier molecular flexibility index (Phi) is 16.4. The largest absolute Gasteiger partial charge is 0.381 e. The summed E-state index contributed by atoms with van der Waals surface area (Å²) in [7, 11) is 0. The third kappa shape index (κ3) is 12.1. The monoisotopic (exact) mass is 789 g/mol. The summed E-state index contributed by atoms with van der Waals surface area (Å²) in [6.45, 7) is 10.8. The van der Waals surface area contributed by atoms with Gasteiger partial charge in [0.15, 0.2) is 6.10 Å². The highest BCUT2D eigenvalue weighted by atomic mass is 35.5. The standard InChI is InChI=1S/C37H56ClN9O8/c1-7-19(6)28-36(54)42-24(9-8-12-39)32(50)47-29(30(48)31(40)49)37(55)44-26(14-20-16-41-23-11-10-21(38)15-22(20)23)34(52)45-27(18(4)5)35(53)43-25(13-17(2)3)33(51)46-28/h10-11,15-19,24-30,41,48H,7-9,12-14,39H2,1-6H3,(H2,40,49)(H,42,54)(H,43,53)(H,44,55)(H,45,52)(H,46,51)(H,47,50). The Labute approximate surface area is 325 Å². The van der Waals surface area contributed by atoms with Crippen molar-refractivity contribution in [1.82, 2.24) is 36.9 Å². The van der Waals surface area contributed by atoms with Gasteiger partial charge in [-0.25, -0.2) is 0 Å². The van der Waals surface area contributed by atoms with Crippen LogP contribution < -0.4 is 43.4 Å². The molecule has 2 heterocycles. The Balaban J connectivity index is 2.19. The Hall–Kier alpha value is -4.74. The zero-order valence-corrected chi connectivity index (χ0v) is 32.9. The van der Waals surface area contributed by atoms with Gasteiger partial charge in [-0.05, 0) is 67.3 Å². The first-order valence-corrected chi connectivity index (χ1v) is 19.0. The average molecular weight is 790 g/mol. The Bertz CT molecular complexity index is 1720. The van der Waals surface area contributed by atoms with E-state index in [1.807, 2.05) is 20.8 Å². The predicted octanol–water partition coefficient (Wildman–Crippen LogP) is -0.380. The van der Waals surface area contributed by atoms with Gasteiger partial charge in [-0.3, -0.25) is 33.6 Å². The molecule has 2 aromatic rings. The summed E-state index contributed by atoms with van der Waals surface area (Å²) in [5.41, 5.74) is 12.3. The average Bonchev–Trinajstić information content (AvgIpc) is 3.52. The van der Waals surface area contributed by atoms with E-state index in [0.717, 1.165) is 0 Å². The SMILES string of the molecule is CCC(C)C1NC(=O)C(CC(C)C)NC(=O)C(C(C)C)NC(=O)C(Cc2c[nH]c3ccc(Cl)cc23)NC(=O)C(C(O)C(N)=O)NC(=O)C(CCCN)NC1=O. The van der Waals surface area contributed by atoms with Crippen LogP contribution in [0.5, 0.6) is 0 Å². The zero-order valence-electron chi connectivity index (χ0n) is 32.2. The van der Waals surface area contributed by atoms with E-state index in [4.69, 9.17) is 23.1 Å². The van der Waals surface area contributed by atoms with Crippen molar-refractivity contribution in [2.45, 2.75) is 116 Å². The van der Waals surface area contributed by atoms with Crippen LogP contribution in [0.4, 0.5) is 0 Å². The van der Waals surface area contributed by atoms with Crippen molar-refractivity contribution in [1.29, 1.82) is 0 Å². The Morgan fingerprint density at radius 1 is 0.782 bits per heavy atom. The molecule has 3 rings (SSSR count). The number of aromatic amines is 1. The number of H-pyrrole nitrogens is 1. The quantitative estimate of drug-likeness (QED) is 0.134. The van der Waals surface area contributed by atoms with Crippen molar-refractivity contribution in [3.8, 4) is 0 Å². The van der Waals surface area contributed by atoms with Gasteiger partial charge in [-0.2, -0.15) is 0 Å². The molecule has 0 bridgehead atoms. The number of primary amides is 1. The predicted molar refractivity (Wildman–Crippen MR) is 206 cm³/mol. The lowest BCUT2D eigenvalue weighted by molar-refractivity contribution is -0.141. The summed E-state index contributed by atoms with van der Waals surface area (Å²) in [6.07, 6.45) is 0.0242. The first kappa shape index (κ1) is 44.7. The number of rotatable bonds is 12. The topological polar surface area (TPSA) is 280 Å². The van der Waals surface area contributed by atoms with E-state index >= 15 is 0 Å². The van der Waals surface area contributed by atoms with Gasteiger partial charge >= 0.3 is 0 Å². The first-order chi connectivity index (χ1) is 25.9. The van der Waals surface area contributed by atoms with E-state index in [-0.39, 0.29) is 38.1 Å². The molecule has 0 radical (unpaired) electrons. The smallest absolute Gasteiger partial charge is 0.248 e. The molecular weight excluding hydrogens is 734 g/mol. The van der Waals surface area contributed by atoms with Gasteiger partial charge in [0.25, 0.3) is 0 Å². The molecular formula is C37H56ClN9O8. The molecule has 8 unspecified atom stereocenters. The third-order valence-electron chi connectivity index (χ3n) is 9.68. The molecule has 0 saturated carbocycles. The highest BCUT2D eigenvalue weighted by molar-refractivity contribution is 6.31. The lowest BCUT2D eigenvalue weighted by Gasteiger charge is -2.32. The second-order valence-corrected chi connectivity index (χ2v) is 15.3. The minimum atomic E-state index is -2.27. The molecule has 17 nitrogen and oxygen atoms in total. The number of aliphatic hydroxyl groups is 1. The number of aromatic nitrogens is 1. The van der Waals surface area contributed by atoms with Crippen LogP contribution >= 0.6 is 11.6 Å². The van der Waals surface area contributed by atoms with Crippen LogP contribution in [0.25, 0.3) is 10.9 Å². The first-order valence-electron chi connectivity index (χ1n) is 18.6. The molecule has 0 spiro atoms. The number of amides is 7. The molecule has 0 aliphatic carbocycles. The van der Waals surface area contributed by atoms with Crippen LogP contribution in [0.1, 0.15) is 72.8 Å². The second kappa shape index (κ2) is 20.3. The third-order valence-corrected chi connectivity index (χ3v) is 9.92. The molecule has 18 heteroatoms. The molecule has 7 amide bonds. The van der Waals surface area contributed by atoms with E-state index in [2.05, 4.69) is 36.9 Å². The van der Waals surface area contributed by atoms with E-state index in [9.17, 15) is 38.7 Å². The summed E-state index contributed by atoms with van der Waals surface area (Å²) >= 11 is 6.26. The number of fused-ring (bicyclic) bond motifs is 1. The van der Waals surface area contributed by atoms with Gasteiger partial charge < -0.3 is 53.5 Å². The van der Waals surface area contributed by atoms with Crippen molar-refractivity contribution in [2.24, 2.45) is 29.2 Å². The van der Waals surface area contributed by atoms with E-state index in [1.54, 1.807) is 45.2 Å². The lowest BCUT2D eigenvalue weighted by Crippen LogP contribution is -2.65. The number of nitrogens with one attached hydrogen (secondary N) is 7. The number of nitrogens with two attached hydrogens (primary N) is 2. The molecule has 12 N–H and O–H groups in total. The van der Waals surface area contributed by atoms with Gasteiger partial charge in [0.2, 0.25) is 41.4 Å². The van der Waals surface area contributed by atoms with Crippen molar-refractivity contribution >= 4 is 63.9 Å². The lowest BCUT2D eigenvalue weighted by atomic mass is 9.95. The van der Waals surface area contributed by atoms with Crippen molar-refractivity contribution in [2.75, 3.05) is 6.54 Å². The molecule has 1 aliphatic heterocycles. The molecule has 304 valence electrons. The maximum absolute atomic E-state index is 14.2. The number of halogens is 1. The van der Waals surface area contributed by atoms with Crippen molar-refractivity contribution < 1.29 is 38.7 Å². The minimum absolute atomic E-state index is 0.0208. The molecule has 1 saturated heterocycles. The number of carbonyl (C=O) groups excluding carboxylic acids is 7. The second-order valence-electron chi connectivity index (χ2n) is 14.9.